The summed E-state index contributed by atoms with van der Waals surface area (Å²) < 4.78 is 89.5. The maximum absolute atomic E-state index is 13.3. The van der Waals surface area contributed by atoms with Crippen LogP contribution in [-0.4, -0.2) is 90.3 Å². The van der Waals surface area contributed by atoms with Crippen LogP contribution in [0, 0.1) is 24.7 Å². The molecule has 0 saturated carbocycles. The second-order valence-corrected chi connectivity index (χ2v) is 28.1. The van der Waals surface area contributed by atoms with E-state index >= 15 is 0 Å². The van der Waals surface area contributed by atoms with E-state index in [4.69, 9.17) is 26.6 Å². The highest BCUT2D eigenvalue weighted by Gasteiger charge is 2.33. The van der Waals surface area contributed by atoms with E-state index < -0.39 is 25.0 Å². The number of aryl methyl sites for hydroxylation is 7. The van der Waals surface area contributed by atoms with E-state index in [9.17, 15) is 40.7 Å². The first-order valence-electron chi connectivity index (χ1n) is 31.7. The topological polar surface area (TPSA) is 197 Å². The van der Waals surface area contributed by atoms with Gasteiger partial charge in [-0.15, -0.1) is 34.0 Å². The second kappa shape index (κ2) is 29.0. The number of carbonyl (C=O) groups excluding carboxylic acids is 3. The monoisotopic (exact) mass is 1410 g/mol. The fourth-order valence-corrected chi connectivity index (χ4v) is 15.8. The first kappa shape index (κ1) is 67.3. The van der Waals surface area contributed by atoms with E-state index in [1.165, 1.54) is 43.2 Å². The number of halogens is 7. The summed E-state index contributed by atoms with van der Waals surface area (Å²) in [5, 5.41) is 15.0. The van der Waals surface area contributed by atoms with Gasteiger partial charge in [-0.2, -0.15) is 15.3 Å². The summed E-state index contributed by atoms with van der Waals surface area (Å²) in [6, 6.07) is 30.1. The molecule has 15 rings (SSSR count). The lowest BCUT2D eigenvalue weighted by Crippen LogP contribution is -2.22. The third-order valence-electron chi connectivity index (χ3n) is 17.9. The van der Waals surface area contributed by atoms with Crippen molar-refractivity contribution in [1.29, 1.82) is 0 Å². The maximum Gasteiger partial charge on any atom is 0.282 e. The van der Waals surface area contributed by atoms with Gasteiger partial charge in [-0.25, -0.2) is 56.2 Å². The number of aromatic nitrogens is 15. The fraction of sp³-hybridized carbons (Fsp3) is 0.314. The number of nitrogens with zero attached hydrogens (tertiary/aromatic N) is 15. The number of fused-ring (bicyclic) bond motifs is 3. The smallest absolute Gasteiger partial charge is 0.282 e. The number of carbonyl (C=O) groups is 3. The molecule has 12 heterocycles. The number of alkyl halides is 6. The first-order chi connectivity index (χ1) is 47.3. The van der Waals surface area contributed by atoms with E-state index in [1.807, 2.05) is 91.0 Å². The van der Waals surface area contributed by atoms with Gasteiger partial charge in [-0.3, -0.25) is 28.4 Å². The van der Waals surface area contributed by atoms with Gasteiger partial charge in [0.1, 0.15) is 71.0 Å². The van der Waals surface area contributed by atoms with Crippen LogP contribution in [-0.2, 0) is 60.0 Å². The van der Waals surface area contributed by atoms with Crippen molar-refractivity contribution in [2.75, 3.05) is 0 Å². The first-order valence-corrected chi connectivity index (χ1v) is 34.6. The Labute approximate surface area is 575 Å². The van der Waals surface area contributed by atoms with Crippen molar-refractivity contribution in [3.05, 3.63) is 194 Å². The molecule has 0 amide bonds. The largest absolute Gasteiger partial charge is 0.334 e. The average Bonchev–Trinajstić information content (AvgIpc) is 1.65. The molecule has 3 aliphatic rings. The van der Waals surface area contributed by atoms with Gasteiger partial charge < -0.3 is 13.7 Å². The highest BCUT2D eigenvalue weighted by atomic mass is 35.5. The number of ketones is 3. The van der Waals surface area contributed by atoms with Crippen molar-refractivity contribution in [2.24, 2.45) is 38.9 Å². The molecule has 9 aromatic heterocycles. The molecule has 18 nitrogen and oxygen atoms in total. The quantitative estimate of drug-likeness (QED) is 0.0583. The molecule has 0 bridgehead atoms. The van der Waals surface area contributed by atoms with Gasteiger partial charge in [0.2, 0.25) is 0 Å². The van der Waals surface area contributed by atoms with Crippen LogP contribution in [0.3, 0.4) is 0 Å². The molecule has 0 spiro atoms. The third kappa shape index (κ3) is 14.5. The SMILES string of the molecule is Cc1sc(-c2cnn(C)c2C(=O)CC2CCn3cc(-c4ccccc4)nc3C2)nc1C(F)F.Cn1ncc(-c2nc(C(F)F)c(Cl)s2)c1C(=O)CC1CCn2cc(-c3ccccc3)nc2C1.Cn1ncc(-c2nc(C(F)F)cs2)c1C(=O)CC1CCn2cc(-c3ccccc3)nc2C1. The number of imidazole rings is 3. The number of benzene rings is 3. The minimum absolute atomic E-state index is 0.0512. The Morgan fingerprint density at radius 3 is 1.17 bits per heavy atom. The van der Waals surface area contributed by atoms with Gasteiger partial charge in [0.15, 0.2) is 17.3 Å². The zero-order chi connectivity index (χ0) is 68.5. The van der Waals surface area contributed by atoms with Crippen LogP contribution in [0.1, 0.15) is 129 Å². The summed E-state index contributed by atoms with van der Waals surface area (Å²) in [5.74, 6) is 3.20. The number of thiazole rings is 3. The molecule has 3 aromatic carbocycles. The highest BCUT2D eigenvalue weighted by Crippen LogP contribution is 2.41. The number of Topliss-reactive ketones (excluding diaryl/α,β-unsaturated/α-hetero) is 3. The Morgan fingerprint density at radius 1 is 0.480 bits per heavy atom. The van der Waals surface area contributed by atoms with E-state index in [-0.39, 0.29) is 55.8 Å². The van der Waals surface area contributed by atoms with Crippen LogP contribution >= 0.6 is 45.6 Å². The lowest BCUT2D eigenvalue weighted by atomic mass is 9.91. The Bertz CT molecular complexity index is 4630. The summed E-state index contributed by atoms with van der Waals surface area (Å²) in [4.78, 5) is 66.7. The lowest BCUT2D eigenvalue weighted by Gasteiger charge is -2.22. The van der Waals surface area contributed by atoms with Crippen LogP contribution in [0.5, 0.6) is 0 Å². The van der Waals surface area contributed by atoms with Gasteiger partial charge in [0.25, 0.3) is 19.3 Å². The van der Waals surface area contributed by atoms with Crippen LogP contribution in [0.4, 0.5) is 26.3 Å². The minimum Gasteiger partial charge on any atom is -0.334 e. The molecular weight excluding hydrogens is 1340 g/mol. The molecule has 3 unspecified atom stereocenters. The van der Waals surface area contributed by atoms with Crippen LogP contribution in [0.15, 0.2) is 134 Å². The van der Waals surface area contributed by atoms with Gasteiger partial charge in [-0.05, 0) is 43.9 Å². The molecule has 12 aromatic rings. The molecular formula is C70H64ClF6N15O3S3. The van der Waals surface area contributed by atoms with E-state index in [0.717, 1.165) is 126 Å². The zero-order valence-corrected chi connectivity index (χ0v) is 56.7. The molecule has 98 heavy (non-hydrogen) atoms. The predicted octanol–water partition coefficient (Wildman–Crippen LogP) is 16.5. The second-order valence-electron chi connectivity index (χ2n) is 24.5. The minimum atomic E-state index is -2.77. The Hall–Kier alpha value is -9.31. The predicted molar refractivity (Wildman–Crippen MR) is 363 cm³/mol. The summed E-state index contributed by atoms with van der Waals surface area (Å²) in [7, 11) is 5.06. The summed E-state index contributed by atoms with van der Waals surface area (Å²) >= 11 is 9.14. The number of hydrogen-bond acceptors (Lipinski definition) is 15. The van der Waals surface area contributed by atoms with Gasteiger partial charge >= 0.3 is 0 Å². The molecule has 0 fully saturated rings. The van der Waals surface area contributed by atoms with Crippen LogP contribution < -0.4 is 0 Å². The molecule has 28 heteroatoms. The molecule has 3 atom stereocenters. The van der Waals surface area contributed by atoms with E-state index in [0.29, 0.717) is 74.3 Å². The standard InChI is InChI=1S/C24H23F2N5OS.C23H20ClF2N5OS.C23H21F2N5OS/c1-14-21(23(25)26)29-24(33-14)17-12-27-30(2)22(17)19(32)10-15-8-9-31-13-18(28-20(31)11-15)16-6-4-3-5-7-16;1-30-20(15(11-27-30)23-29-19(22(25)26)21(24)33-23)17(32)9-13-7-8-31-12-16(28-18(31)10-13)14-5-3-2-4-6-14;1-29-21(16(11-26-29)23-28-18(13-32-23)22(24)25)19(31)9-14-7-8-30-12-17(27-20(30)10-14)15-5-3-2-4-6-15/h3-7,12-13,15,23H,8-11H2,1-2H3;2-6,11-13,22H,7-10H2,1H3;2-6,11-14,22H,7-10H2,1H3. The lowest BCUT2D eigenvalue weighted by molar-refractivity contribution is 0.0936. The highest BCUT2D eigenvalue weighted by molar-refractivity contribution is 7.19. The molecule has 504 valence electrons. The average molecular weight is 1410 g/mol. The van der Waals surface area contributed by atoms with E-state index in [1.54, 1.807) is 34.3 Å². The van der Waals surface area contributed by atoms with Crippen molar-refractivity contribution >= 4 is 63.0 Å². The summed E-state index contributed by atoms with van der Waals surface area (Å²) in [6.45, 7) is 4.05. The Morgan fingerprint density at radius 2 is 0.837 bits per heavy atom. The molecule has 0 aliphatic carbocycles. The van der Waals surface area contributed by atoms with Gasteiger partial charge in [-0.1, -0.05) is 103 Å². The van der Waals surface area contributed by atoms with E-state index in [2.05, 4.69) is 62.5 Å². The van der Waals surface area contributed by atoms with Gasteiger partial charge in [0.05, 0.1) is 52.4 Å². The van der Waals surface area contributed by atoms with Crippen molar-refractivity contribution in [2.45, 2.75) is 104 Å². The van der Waals surface area contributed by atoms with Crippen molar-refractivity contribution in [1.82, 2.24) is 72.9 Å². The molecule has 3 aliphatic heterocycles. The summed E-state index contributed by atoms with van der Waals surface area (Å²) in [5.41, 5.74) is 7.73. The Kier molecular flexibility index (Phi) is 19.9. The summed E-state index contributed by atoms with van der Waals surface area (Å²) in [6.07, 6.45) is 8.50. The van der Waals surface area contributed by atoms with Crippen molar-refractivity contribution < 1.29 is 40.7 Å². The third-order valence-corrected chi connectivity index (χ3v) is 21.1. The Balaban J connectivity index is 0.000000132. The van der Waals surface area contributed by atoms with Crippen LogP contribution in [0.2, 0.25) is 4.34 Å². The normalized spacial score (nSPS) is 15.8. The molecule has 0 radical (unpaired) electrons. The number of hydrogen-bond donors (Lipinski definition) is 0. The van der Waals surface area contributed by atoms with Gasteiger partial charge in [0, 0.05) is 125 Å². The van der Waals surface area contributed by atoms with Crippen LogP contribution in [0.25, 0.3) is 65.5 Å². The maximum atomic E-state index is 13.3. The zero-order valence-electron chi connectivity index (χ0n) is 53.5. The molecule has 0 saturated heterocycles. The molecule has 0 N–H and O–H groups in total. The number of rotatable bonds is 18. The van der Waals surface area contributed by atoms with Crippen molar-refractivity contribution in [3.8, 4) is 65.5 Å². The fourth-order valence-electron chi connectivity index (χ4n) is 12.9. The van der Waals surface area contributed by atoms with Crippen molar-refractivity contribution in [3.63, 3.8) is 0 Å².